The van der Waals surface area contributed by atoms with Crippen molar-refractivity contribution in [3.8, 4) is 0 Å². The highest BCUT2D eigenvalue weighted by atomic mass is 35.5. The second-order valence-electron chi connectivity index (χ2n) is 6.57. The lowest BCUT2D eigenvalue weighted by Crippen LogP contribution is -2.35. The molecule has 1 amide bonds. The van der Waals surface area contributed by atoms with Crippen LogP contribution in [0.1, 0.15) is 36.8 Å². The normalized spacial score (nSPS) is 11.0. The van der Waals surface area contributed by atoms with Crippen LogP contribution in [0.3, 0.4) is 0 Å². The van der Waals surface area contributed by atoms with Gasteiger partial charge in [-0.15, -0.1) is 0 Å². The second kappa shape index (κ2) is 9.01. The number of ketones is 1. The number of benzene rings is 1. The van der Waals surface area contributed by atoms with E-state index in [9.17, 15) is 9.59 Å². The van der Waals surface area contributed by atoms with E-state index in [0.29, 0.717) is 23.7 Å². The Labute approximate surface area is 167 Å². The molecule has 1 heterocycles. The first kappa shape index (κ1) is 20.9. The number of carbonyl (C=O) groups is 2. The molecule has 0 saturated heterocycles. The van der Waals surface area contributed by atoms with E-state index in [-0.39, 0.29) is 22.4 Å². The van der Waals surface area contributed by atoms with Crippen molar-refractivity contribution in [2.24, 2.45) is 0 Å². The largest absolute Gasteiger partial charge is 0.444 e. The number of nitrogens with one attached hydrogen (secondary N) is 2. The molecule has 2 aromatic rings. The van der Waals surface area contributed by atoms with Gasteiger partial charge in [0.2, 0.25) is 11.7 Å². The number of ether oxygens (including phenoxy) is 1. The molecule has 2 N–H and O–H groups in total. The summed E-state index contributed by atoms with van der Waals surface area (Å²) in [5.41, 5.74) is -0.0627. The zero-order chi connectivity index (χ0) is 20.0. The number of hydrogen-bond acceptors (Lipinski definition) is 6. The fourth-order valence-electron chi connectivity index (χ4n) is 2.03. The first-order chi connectivity index (χ1) is 12.7. The zero-order valence-corrected chi connectivity index (χ0v) is 16.7. The summed E-state index contributed by atoms with van der Waals surface area (Å²) in [6.45, 7) is 6.02. The molecule has 2 rings (SSSR count). The third-order valence-corrected chi connectivity index (χ3v) is 3.69. The van der Waals surface area contributed by atoms with Crippen molar-refractivity contribution in [3.63, 3.8) is 0 Å². The number of rotatable bonds is 6. The molecule has 0 spiro atoms. The van der Waals surface area contributed by atoms with Gasteiger partial charge < -0.3 is 15.4 Å². The minimum absolute atomic E-state index is 0.192. The van der Waals surface area contributed by atoms with Gasteiger partial charge in [-0.3, -0.25) is 4.79 Å². The Bertz CT molecular complexity index is 838. The first-order valence-electron chi connectivity index (χ1n) is 8.19. The molecule has 27 heavy (non-hydrogen) atoms. The van der Waals surface area contributed by atoms with Crippen LogP contribution < -0.4 is 10.6 Å². The highest BCUT2D eigenvalue weighted by molar-refractivity contribution is 6.37. The van der Waals surface area contributed by atoms with Crippen molar-refractivity contribution in [1.29, 1.82) is 0 Å². The lowest BCUT2D eigenvalue weighted by Gasteiger charge is -2.19. The third kappa shape index (κ3) is 6.69. The van der Waals surface area contributed by atoms with Crippen LogP contribution in [-0.2, 0) is 4.74 Å². The van der Waals surface area contributed by atoms with Crippen molar-refractivity contribution in [2.45, 2.75) is 26.4 Å². The number of alkyl carbamates (subject to hydrolysis) is 1. The van der Waals surface area contributed by atoms with Gasteiger partial charge in [0.1, 0.15) is 11.3 Å². The summed E-state index contributed by atoms with van der Waals surface area (Å²) in [7, 11) is 0. The van der Waals surface area contributed by atoms with E-state index in [0.717, 1.165) is 0 Å². The maximum atomic E-state index is 12.6. The molecule has 1 aromatic carbocycles. The Kier molecular flexibility index (Phi) is 6.98. The summed E-state index contributed by atoms with van der Waals surface area (Å²) in [5.74, 6) is -0.0779. The Hall–Kier alpha value is -2.38. The maximum Gasteiger partial charge on any atom is 0.407 e. The molecule has 0 radical (unpaired) electrons. The minimum Gasteiger partial charge on any atom is -0.444 e. The van der Waals surface area contributed by atoms with E-state index in [1.54, 1.807) is 32.9 Å². The lowest BCUT2D eigenvalue weighted by atomic mass is 10.1. The molecule has 0 saturated carbocycles. The topological polar surface area (TPSA) is 93.2 Å². The third-order valence-electron chi connectivity index (χ3n) is 3.14. The molecular formula is C18H20Cl2N4O3. The molecular weight excluding hydrogens is 391 g/mol. The molecule has 7 nitrogen and oxygen atoms in total. The van der Waals surface area contributed by atoms with Crippen LogP contribution in [0.25, 0.3) is 0 Å². The van der Waals surface area contributed by atoms with Crippen molar-refractivity contribution >= 4 is 41.0 Å². The van der Waals surface area contributed by atoms with Gasteiger partial charge in [0.25, 0.3) is 0 Å². The average molecular weight is 411 g/mol. The molecule has 0 aliphatic rings. The van der Waals surface area contributed by atoms with Crippen molar-refractivity contribution in [3.05, 3.63) is 51.8 Å². The van der Waals surface area contributed by atoms with Crippen LogP contribution in [0.15, 0.2) is 30.5 Å². The zero-order valence-electron chi connectivity index (χ0n) is 15.2. The van der Waals surface area contributed by atoms with Gasteiger partial charge in [0.15, 0.2) is 0 Å². The van der Waals surface area contributed by atoms with Gasteiger partial charge in [0.05, 0.1) is 5.02 Å². The summed E-state index contributed by atoms with van der Waals surface area (Å²) in [4.78, 5) is 32.4. The van der Waals surface area contributed by atoms with Crippen LogP contribution in [-0.4, -0.2) is 40.5 Å². The Balaban J connectivity index is 1.93. The van der Waals surface area contributed by atoms with Gasteiger partial charge in [-0.05, 0) is 45.0 Å². The molecule has 9 heteroatoms. The van der Waals surface area contributed by atoms with Crippen LogP contribution in [0.5, 0.6) is 0 Å². The number of carbonyl (C=O) groups excluding carboxylic acids is 2. The van der Waals surface area contributed by atoms with Crippen LogP contribution in [0, 0.1) is 0 Å². The van der Waals surface area contributed by atoms with Crippen LogP contribution >= 0.6 is 23.2 Å². The summed E-state index contributed by atoms with van der Waals surface area (Å²) < 4.78 is 5.13. The second-order valence-corrected chi connectivity index (χ2v) is 7.42. The molecule has 0 aliphatic carbocycles. The molecule has 0 fully saturated rings. The van der Waals surface area contributed by atoms with Crippen molar-refractivity contribution in [1.82, 2.24) is 15.3 Å². The Morgan fingerprint density at radius 3 is 2.56 bits per heavy atom. The van der Waals surface area contributed by atoms with E-state index in [2.05, 4.69) is 20.6 Å². The summed E-state index contributed by atoms with van der Waals surface area (Å²) >= 11 is 11.9. The van der Waals surface area contributed by atoms with Crippen molar-refractivity contribution < 1.29 is 14.3 Å². The van der Waals surface area contributed by atoms with Gasteiger partial charge in [-0.2, -0.15) is 0 Å². The summed E-state index contributed by atoms with van der Waals surface area (Å²) in [5, 5.41) is 6.24. The highest BCUT2D eigenvalue weighted by Crippen LogP contribution is 2.23. The van der Waals surface area contributed by atoms with E-state index >= 15 is 0 Å². The van der Waals surface area contributed by atoms with Gasteiger partial charge in [0, 0.05) is 29.9 Å². The fraction of sp³-hybridized carbons (Fsp3) is 0.333. The predicted molar refractivity (Wildman–Crippen MR) is 105 cm³/mol. The maximum absolute atomic E-state index is 12.6. The highest BCUT2D eigenvalue weighted by Gasteiger charge is 2.16. The number of aromatic nitrogens is 2. The molecule has 0 aliphatic heterocycles. The molecule has 0 bridgehead atoms. The SMILES string of the molecule is CC(C)(C)OC(=O)NCCNc1nccc(C(=O)c2ccc(Cl)cc2Cl)n1. The van der Waals surface area contributed by atoms with Gasteiger partial charge in [-0.25, -0.2) is 14.8 Å². The molecule has 144 valence electrons. The standard InChI is InChI=1S/C18H20Cl2N4O3/c1-18(2,3)27-17(26)23-9-8-22-16-21-7-6-14(24-16)15(25)12-5-4-11(19)10-13(12)20/h4-7,10H,8-9H2,1-3H3,(H,23,26)(H,21,22,24). The van der Waals surface area contributed by atoms with E-state index in [4.69, 9.17) is 27.9 Å². The molecule has 1 aromatic heterocycles. The van der Waals surface area contributed by atoms with E-state index in [1.807, 2.05) is 0 Å². The quantitative estimate of drug-likeness (QED) is 0.552. The van der Waals surface area contributed by atoms with E-state index in [1.165, 1.54) is 18.3 Å². The smallest absolute Gasteiger partial charge is 0.407 e. The fourth-order valence-corrected chi connectivity index (χ4v) is 2.53. The van der Waals surface area contributed by atoms with E-state index < -0.39 is 11.7 Å². The monoisotopic (exact) mass is 410 g/mol. The molecule has 0 atom stereocenters. The number of amides is 1. The van der Waals surface area contributed by atoms with Gasteiger partial charge >= 0.3 is 6.09 Å². The average Bonchev–Trinajstić information content (AvgIpc) is 2.57. The Morgan fingerprint density at radius 1 is 1.15 bits per heavy atom. The molecule has 0 unspecified atom stereocenters. The van der Waals surface area contributed by atoms with Crippen LogP contribution in [0.2, 0.25) is 10.0 Å². The summed E-state index contributed by atoms with van der Waals surface area (Å²) in [6, 6.07) is 6.13. The number of anilines is 1. The number of hydrogen-bond donors (Lipinski definition) is 2. The van der Waals surface area contributed by atoms with Gasteiger partial charge in [-0.1, -0.05) is 23.2 Å². The lowest BCUT2D eigenvalue weighted by molar-refractivity contribution is 0.0530. The Morgan fingerprint density at radius 2 is 1.89 bits per heavy atom. The number of nitrogens with zero attached hydrogens (tertiary/aromatic N) is 2. The first-order valence-corrected chi connectivity index (χ1v) is 8.95. The number of halogens is 2. The summed E-state index contributed by atoms with van der Waals surface area (Å²) in [6.07, 6.45) is 0.958. The van der Waals surface area contributed by atoms with Crippen LogP contribution in [0.4, 0.5) is 10.7 Å². The van der Waals surface area contributed by atoms with Crippen molar-refractivity contribution in [2.75, 3.05) is 18.4 Å². The predicted octanol–water partition coefficient (Wildman–Crippen LogP) is 3.95. The minimum atomic E-state index is -0.557.